The van der Waals surface area contributed by atoms with Crippen LogP contribution in [-0.2, 0) is 6.18 Å². The van der Waals surface area contributed by atoms with Gasteiger partial charge in [0.25, 0.3) is 40.9 Å². The van der Waals surface area contributed by atoms with Crippen LogP contribution in [0.5, 0.6) is 17.2 Å². The summed E-state index contributed by atoms with van der Waals surface area (Å²) in [5, 5.41) is 59.7. The summed E-state index contributed by atoms with van der Waals surface area (Å²) in [4.78, 5) is 82.0. The topological polar surface area (TPSA) is 331 Å². The second-order valence-corrected chi connectivity index (χ2v) is 31.2. The van der Waals surface area contributed by atoms with Crippen molar-refractivity contribution in [3.8, 4) is 17.2 Å². The Morgan fingerprint density at radius 3 is 1.07 bits per heavy atom. The molecule has 11 N–H and O–H groups in total. The number of methoxy groups -OCH3 is 2. The lowest BCUT2D eigenvalue weighted by Crippen LogP contribution is -2.34. The van der Waals surface area contributed by atoms with E-state index in [0.717, 1.165) is 78.9 Å². The number of thiocarbonyl (C=S) groups is 5. The molecule has 0 aromatic heterocycles. The van der Waals surface area contributed by atoms with Gasteiger partial charge in [0.15, 0.2) is 25.6 Å². The summed E-state index contributed by atoms with van der Waals surface area (Å²) in [6.45, 7) is 24.5. The number of anilines is 5. The van der Waals surface area contributed by atoms with Crippen LogP contribution in [0, 0.1) is 110 Å². The number of phenols is 1. The molecule has 0 bridgehead atoms. The number of aromatic hydroxyl groups is 1. The number of rotatable bonds is 14. The first-order chi connectivity index (χ1) is 57.1. The molecule has 0 heterocycles. The summed E-state index contributed by atoms with van der Waals surface area (Å²) in [6.07, 6.45) is -4.51. The molecule has 0 saturated carbocycles. The number of alkyl halides is 3. The van der Waals surface area contributed by atoms with Crippen molar-refractivity contribution in [2.45, 2.75) is 96.2 Å². The molecule has 122 heavy (non-hydrogen) atoms. The van der Waals surface area contributed by atoms with E-state index < -0.39 is 27.5 Å². The van der Waals surface area contributed by atoms with Gasteiger partial charge in [0.2, 0.25) is 0 Å². The zero-order valence-corrected chi connectivity index (χ0v) is 75.2. The van der Waals surface area contributed by atoms with Gasteiger partial charge in [-0.1, -0.05) is 132 Å². The molecule has 10 rings (SSSR count). The number of non-ortho nitro benzene ring substituents is 1. The summed E-state index contributed by atoms with van der Waals surface area (Å²) in [7, 11) is 2.90. The Balaban J connectivity index is 0.000000236. The molecular weight excluding hydrogens is 1750 g/mol. The maximum Gasteiger partial charge on any atom is 0.416 e. The van der Waals surface area contributed by atoms with Gasteiger partial charge in [0.1, 0.15) is 22.3 Å². The Morgan fingerprint density at radius 2 is 0.730 bits per heavy atom. The first kappa shape index (κ1) is 99.0. The lowest BCUT2D eigenvalue weighted by Gasteiger charge is -2.17. The normalized spacial score (nSPS) is 10.4. The Morgan fingerprint density at radius 1 is 0.377 bits per heavy atom. The van der Waals surface area contributed by atoms with Gasteiger partial charge >= 0.3 is 6.18 Å². The largest absolute Gasteiger partial charge is 0.506 e. The molecule has 0 saturated heterocycles. The molecule has 0 aliphatic heterocycles. The molecule has 0 radical (unpaired) electrons. The highest BCUT2D eigenvalue weighted by molar-refractivity contribution is 7.81. The molecule has 10 aromatic carbocycles. The number of hydrogen-bond acceptors (Lipinski definition) is 17. The number of nitrogens with zero attached hydrogens (tertiary/aromatic N) is 2. The van der Waals surface area contributed by atoms with Crippen molar-refractivity contribution in [1.82, 2.24) is 26.6 Å². The van der Waals surface area contributed by atoms with Gasteiger partial charge in [-0.2, -0.15) is 13.2 Å². The number of carbonyl (C=O) groups excluding carboxylic acids is 5. The standard InChI is InChI=1S/C19H21ClN2O2S.C18H17F3N2O2S.C17H16ClN3O3S.C16H14ClN3O3S.C16H15ClN2O2S/c1-10-6-11(2)8-14(7-10)18(23)22-19(25)21-17-13(4)16(20)12(3)9-15(17)24-5;1-10-6-11(2)8-12(7-10)16(24)23-17(26)22-14-9-13(18(19,20)21)4-5-15(14)25-3;1-9-4-10(2)6-12(5-9)16(22)20-17(25)19-14-8-13(18)15(21(23)24)7-11(14)3;1-9-5-10(2)7-11(6-9)15(21)19-16(24)18-14-8-12(20(22)23)3-4-13(14)17;1-9-5-10(2)7-11(6-9)15(21)19-16(22)18-13-4-3-12(17)8-14(13)20/h6-9H,1-5H3,(H2,21,22,23,25);4-9H,1-3H3,(H2,22,23,24,26);4-8H,1-3H3,(H2,19,20,22,25);3-8H,1-2H3,(H2,18,19,21,24);3-8,20H,1-2H3,(H2,18,19,21,22). The third kappa shape index (κ3) is 30.7. The molecular formula is C86H83Cl4F3N12O12S5. The lowest BCUT2D eigenvalue weighted by atomic mass is 10.1. The van der Waals surface area contributed by atoms with Gasteiger partial charge in [0.05, 0.1) is 57.4 Å². The van der Waals surface area contributed by atoms with Crippen molar-refractivity contribution in [3.63, 3.8) is 0 Å². The van der Waals surface area contributed by atoms with Gasteiger partial charge in [-0.25, -0.2) is 0 Å². The van der Waals surface area contributed by atoms with Crippen LogP contribution < -0.4 is 62.6 Å². The summed E-state index contributed by atoms with van der Waals surface area (Å²) >= 11 is 49.6. The second-order valence-electron chi connectivity index (χ2n) is 27.5. The summed E-state index contributed by atoms with van der Waals surface area (Å²) in [5.74, 6) is -1.01. The molecule has 638 valence electrons. The van der Waals surface area contributed by atoms with Crippen LogP contribution in [0.4, 0.5) is 53.0 Å². The van der Waals surface area contributed by atoms with Crippen molar-refractivity contribution in [2.24, 2.45) is 0 Å². The van der Waals surface area contributed by atoms with E-state index in [2.05, 4.69) is 53.2 Å². The average molecular weight is 1840 g/mol. The highest BCUT2D eigenvalue weighted by Crippen LogP contribution is 2.38. The van der Waals surface area contributed by atoms with E-state index in [1.807, 2.05) is 132 Å². The first-order valence-electron chi connectivity index (χ1n) is 36.1. The molecule has 0 atom stereocenters. The SMILES string of the molecule is COc1cc(C)c(Cl)c(C)c1NC(=S)NC(=O)c1cc(C)cc(C)c1.COc1ccc(C(F)(F)F)cc1NC(=S)NC(=O)c1cc(C)cc(C)c1.Cc1cc(C)cc(C(=O)NC(=S)Nc2cc(Cl)c([N+](=O)[O-])cc2C)c1.Cc1cc(C)cc(C(=O)NC(=S)Nc2cc([N+](=O)[O-])ccc2Cl)c1.Cc1cc(C)cc(C(=O)NC(=S)Nc2ccc(Cl)cc2O)c1. The van der Waals surface area contributed by atoms with E-state index in [-0.39, 0.29) is 93.5 Å². The third-order valence-corrected chi connectivity index (χ3v) is 19.3. The Bertz CT molecular complexity index is 5690. The molecule has 0 spiro atoms. The molecule has 36 heteroatoms. The molecule has 10 aromatic rings. The van der Waals surface area contributed by atoms with Gasteiger partial charge in [0, 0.05) is 67.8 Å². The molecule has 0 unspecified atom stereocenters. The number of nitrogens with one attached hydrogen (secondary N) is 10. The van der Waals surface area contributed by atoms with Gasteiger partial charge in [-0.05, 0) is 277 Å². The minimum Gasteiger partial charge on any atom is -0.506 e. The number of ether oxygens (including phenoxy) is 2. The van der Waals surface area contributed by atoms with Crippen LogP contribution in [0.2, 0.25) is 20.1 Å². The van der Waals surface area contributed by atoms with Gasteiger partial charge in [-0.3, -0.25) is 70.8 Å². The third-order valence-electron chi connectivity index (χ3n) is 16.8. The van der Waals surface area contributed by atoms with E-state index >= 15 is 0 Å². The molecule has 0 aliphatic carbocycles. The van der Waals surface area contributed by atoms with Crippen LogP contribution >= 0.6 is 107 Å². The minimum absolute atomic E-state index is 0.00144. The second kappa shape index (κ2) is 45.2. The van der Waals surface area contributed by atoms with Gasteiger partial charge in [-0.15, -0.1) is 0 Å². The molecule has 0 aliphatic rings. The van der Waals surface area contributed by atoms with Gasteiger partial charge < -0.3 is 41.2 Å². The summed E-state index contributed by atoms with van der Waals surface area (Å²) in [6, 6.07) is 43.4. The lowest BCUT2D eigenvalue weighted by molar-refractivity contribution is -0.384. The number of carbonyl (C=O) groups is 5. The van der Waals surface area contributed by atoms with Crippen LogP contribution in [0.1, 0.15) is 130 Å². The summed E-state index contributed by atoms with van der Waals surface area (Å²) in [5.41, 5.74) is 15.1. The van der Waals surface area contributed by atoms with Crippen LogP contribution in [0.25, 0.3) is 0 Å². The van der Waals surface area contributed by atoms with E-state index in [4.69, 9.17) is 117 Å². The number of aryl methyl sites for hydroxylation is 12. The van der Waals surface area contributed by atoms with Crippen molar-refractivity contribution in [1.29, 1.82) is 0 Å². The monoisotopic (exact) mass is 1830 g/mol. The predicted octanol–water partition coefficient (Wildman–Crippen LogP) is 21.2. The highest BCUT2D eigenvalue weighted by atomic mass is 35.5. The molecule has 0 fully saturated rings. The van der Waals surface area contributed by atoms with E-state index in [1.165, 1.54) is 49.6 Å². The van der Waals surface area contributed by atoms with Crippen molar-refractivity contribution >= 4 is 202 Å². The van der Waals surface area contributed by atoms with Crippen LogP contribution in [0.3, 0.4) is 0 Å². The molecule has 24 nitrogen and oxygen atoms in total. The fourth-order valence-electron chi connectivity index (χ4n) is 11.7. The first-order valence-corrected chi connectivity index (χ1v) is 39.6. The number of halogens is 7. The Labute approximate surface area is 749 Å². The van der Waals surface area contributed by atoms with E-state index in [9.17, 15) is 62.5 Å². The smallest absolute Gasteiger partial charge is 0.416 e. The maximum absolute atomic E-state index is 12.9. The zero-order valence-electron chi connectivity index (χ0n) is 68.1. The van der Waals surface area contributed by atoms with Crippen molar-refractivity contribution in [3.05, 3.63) is 310 Å². The minimum atomic E-state index is -4.51. The number of hydrogen-bond donors (Lipinski definition) is 11. The highest BCUT2D eigenvalue weighted by Gasteiger charge is 2.32. The van der Waals surface area contributed by atoms with E-state index in [0.29, 0.717) is 66.2 Å². The zero-order chi connectivity index (χ0) is 91.1. The summed E-state index contributed by atoms with van der Waals surface area (Å²) < 4.78 is 49.1. The van der Waals surface area contributed by atoms with Crippen LogP contribution in [0.15, 0.2) is 164 Å². The number of phenolic OH excluding ortho intramolecular Hbond substituents is 1. The Hall–Kier alpha value is -11.9. The number of nitro groups is 2. The van der Waals surface area contributed by atoms with Crippen molar-refractivity contribution < 1.29 is 61.6 Å². The number of amides is 5. The van der Waals surface area contributed by atoms with Crippen molar-refractivity contribution in [2.75, 3.05) is 40.8 Å². The number of nitro benzene ring substituents is 2. The predicted molar refractivity (Wildman–Crippen MR) is 498 cm³/mol. The quantitative estimate of drug-likeness (QED) is 0.0208. The van der Waals surface area contributed by atoms with Crippen LogP contribution in [-0.4, -0.2) is 84.3 Å². The van der Waals surface area contributed by atoms with E-state index in [1.54, 1.807) is 74.7 Å². The fourth-order valence-corrected chi connectivity index (χ4v) is 13.4. The number of benzene rings is 10. The maximum atomic E-state index is 12.9. The average Bonchev–Trinajstić information content (AvgIpc) is 0.811. The molecule has 5 amide bonds. The fraction of sp³-hybridized carbons (Fsp3) is 0.186. The Kier molecular flexibility index (Phi) is 36.6.